The lowest BCUT2D eigenvalue weighted by Gasteiger charge is -2.41. The van der Waals surface area contributed by atoms with Gasteiger partial charge in [-0.05, 0) is 50.5 Å². The van der Waals surface area contributed by atoms with Gasteiger partial charge < -0.3 is 19.5 Å². The van der Waals surface area contributed by atoms with Gasteiger partial charge in [-0.3, -0.25) is 9.59 Å². The molecule has 1 amide bonds. The van der Waals surface area contributed by atoms with Crippen LogP contribution in [0.5, 0.6) is 11.5 Å². The molecule has 0 aliphatic carbocycles. The van der Waals surface area contributed by atoms with E-state index in [1.54, 1.807) is 7.05 Å². The largest absolute Gasteiger partial charge is 0.489 e. The van der Waals surface area contributed by atoms with E-state index < -0.39 is 27.6 Å². The van der Waals surface area contributed by atoms with Crippen molar-refractivity contribution in [2.75, 3.05) is 26.4 Å². The maximum atomic E-state index is 13.0. The minimum atomic E-state index is -3.62. The molecule has 1 atom stereocenters. The number of rotatable bonds is 13. The number of nitrogens with zero attached hydrogens (tertiary/aromatic N) is 2. The molecule has 0 radical (unpaired) electrons. The number of carbonyl (C=O) groups is 2. The molecule has 0 bridgehead atoms. The average Bonchev–Trinajstić information content (AvgIpc) is 2.84. The third kappa shape index (κ3) is 8.46. The van der Waals surface area contributed by atoms with Crippen molar-refractivity contribution in [1.29, 1.82) is 0 Å². The smallest absolute Gasteiger partial charge is 0.303 e. The van der Waals surface area contributed by atoms with E-state index in [1.165, 1.54) is 15.5 Å². The van der Waals surface area contributed by atoms with Gasteiger partial charge in [-0.15, -0.1) is 0 Å². The van der Waals surface area contributed by atoms with Crippen LogP contribution in [0.1, 0.15) is 63.1 Å². The van der Waals surface area contributed by atoms with E-state index in [-0.39, 0.29) is 25.3 Å². The van der Waals surface area contributed by atoms with Gasteiger partial charge in [0.2, 0.25) is 15.9 Å². The molecule has 0 saturated carbocycles. The lowest BCUT2D eigenvalue weighted by molar-refractivity contribution is -0.138. The third-order valence-corrected chi connectivity index (χ3v) is 7.80. The monoisotopic (exact) mass is 546 g/mol. The first-order chi connectivity index (χ1) is 17.9. The molecule has 3 rings (SSSR count). The van der Waals surface area contributed by atoms with Crippen molar-refractivity contribution in [3.05, 3.63) is 59.7 Å². The molecular weight excluding hydrogens is 508 g/mol. The summed E-state index contributed by atoms with van der Waals surface area (Å²) < 4.78 is 39.6. The van der Waals surface area contributed by atoms with Crippen LogP contribution >= 0.6 is 0 Å². The highest BCUT2D eigenvalue weighted by atomic mass is 32.2. The number of fused-ring (bicyclic) bond motifs is 1. The molecule has 1 unspecified atom stereocenters. The predicted molar refractivity (Wildman–Crippen MR) is 145 cm³/mol. The van der Waals surface area contributed by atoms with Gasteiger partial charge in [0, 0.05) is 45.0 Å². The zero-order chi connectivity index (χ0) is 27.9. The van der Waals surface area contributed by atoms with Crippen LogP contribution in [0, 0.1) is 0 Å². The molecule has 0 fully saturated rings. The molecule has 0 spiro atoms. The quantitative estimate of drug-likeness (QED) is 0.400. The van der Waals surface area contributed by atoms with E-state index in [9.17, 15) is 18.0 Å². The van der Waals surface area contributed by atoms with Gasteiger partial charge in [0.25, 0.3) is 0 Å². The lowest BCUT2D eigenvalue weighted by atomic mass is 9.89. The Morgan fingerprint density at radius 1 is 1.08 bits per heavy atom. The van der Waals surface area contributed by atoms with Crippen molar-refractivity contribution in [3.8, 4) is 11.5 Å². The van der Waals surface area contributed by atoms with Crippen LogP contribution in [0.2, 0.25) is 0 Å². The number of ether oxygens (including phenoxy) is 2. The molecule has 1 aliphatic heterocycles. The van der Waals surface area contributed by atoms with Crippen molar-refractivity contribution in [2.24, 2.45) is 0 Å². The Hall–Kier alpha value is -3.11. The number of amides is 1. The number of aliphatic carboxylic acids is 1. The van der Waals surface area contributed by atoms with Crippen molar-refractivity contribution in [3.63, 3.8) is 0 Å². The second-order valence-corrected chi connectivity index (χ2v) is 12.3. The molecule has 2 aromatic rings. The summed E-state index contributed by atoms with van der Waals surface area (Å²) in [6, 6.07) is 14.8. The van der Waals surface area contributed by atoms with Crippen LogP contribution in [-0.4, -0.2) is 66.6 Å². The minimum absolute atomic E-state index is 0.00449. The number of carboxylic acid groups (broad SMARTS) is 1. The van der Waals surface area contributed by atoms with Gasteiger partial charge in [-0.2, -0.15) is 4.31 Å². The van der Waals surface area contributed by atoms with Crippen LogP contribution in [0.4, 0.5) is 0 Å². The topological polar surface area (TPSA) is 113 Å². The van der Waals surface area contributed by atoms with E-state index >= 15 is 0 Å². The minimum Gasteiger partial charge on any atom is -0.489 e. The van der Waals surface area contributed by atoms with Gasteiger partial charge >= 0.3 is 5.97 Å². The molecule has 0 saturated heterocycles. The van der Waals surface area contributed by atoms with E-state index in [0.29, 0.717) is 43.9 Å². The lowest BCUT2D eigenvalue weighted by Crippen LogP contribution is -2.44. The number of sulfonamides is 1. The second-order valence-electron chi connectivity index (χ2n) is 10.3. The molecule has 1 heterocycles. The molecule has 9 nitrogen and oxygen atoms in total. The first-order valence-electron chi connectivity index (χ1n) is 12.8. The number of carboxylic acids is 1. The molecular formula is C28H38N2O7S. The van der Waals surface area contributed by atoms with Gasteiger partial charge in [-0.1, -0.05) is 30.3 Å². The highest BCUT2D eigenvalue weighted by Gasteiger charge is 2.40. The van der Waals surface area contributed by atoms with Crippen LogP contribution in [-0.2, 0) is 26.2 Å². The summed E-state index contributed by atoms with van der Waals surface area (Å²) in [7, 11) is -1.99. The van der Waals surface area contributed by atoms with Crippen LogP contribution in [0.15, 0.2) is 48.5 Å². The molecule has 38 heavy (non-hydrogen) atoms. The Morgan fingerprint density at radius 2 is 1.76 bits per heavy atom. The molecule has 1 aliphatic rings. The number of carbonyl (C=O) groups excluding carboxylic acids is 1. The van der Waals surface area contributed by atoms with E-state index in [0.717, 1.165) is 11.1 Å². The fourth-order valence-electron chi connectivity index (χ4n) is 4.60. The number of benzene rings is 2. The van der Waals surface area contributed by atoms with E-state index in [1.807, 2.05) is 62.4 Å². The molecule has 2 aromatic carbocycles. The van der Waals surface area contributed by atoms with E-state index in [2.05, 4.69) is 0 Å². The zero-order valence-corrected chi connectivity index (χ0v) is 23.4. The number of hydrogen-bond donors (Lipinski definition) is 1. The molecule has 208 valence electrons. The molecule has 0 aromatic heterocycles. The Bertz CT molecular complexity index is 1210. The van der Waals surface area contributed by atoms with Crippen LogP contribution < -0.4 is 9.47 Å². The van der Waals surface area contributed by atoms with E-state index in [4.69, 9.17) is 14.6 Å². The Kier molecular flexibility index (Phi) is 9.78. The summed E-state index contributed by atoms with van der Waals surface area (Å²) in [5.74, 6) is 0.185. The Morgan fingerprint density at radius 3 is 2.42 bits per heavy atom. The van der Waals surface area contributed by atoms with Crippen molar-refractivity contribution < 1.29 is 32.6 Å². The predicted octanol–water partition coefficient (Wildman–Crippen LogP) is 4.23. The highest BCUT2D eigenvalue weighted by Crippen LogP contribution is 2.45. The van der Waals surface area contributed by atoms with Gasteiger partial charge in [0.05, 0.1) is 12.3 Å². The first kappa shape index (κ1) is 29.4. The summed E-state index contributed by atoms with van der Waals surface area (Å²) in [6.45, 7) is 4.75. The standard InChI is InChI=1S/C28H38N2O7S/c1-28(2)19-24(23-18-22(14-15-25(23)37-28)36-20-21-10-6-5-7-11-21)30(38(4,34)35)17-8-12-26(31)29(3)16-9-13-27(32)33/h5-7,10-11,14-15,18,24H,8-9,12-13,16-17,19-20H2,1-4H3,(H,32,33). The molecule has 10 heteroatoms. The Labute approximate surface area is 225 Å². The maximum Gasteiger partial charge on any atom is 0.303 e. The first-order valence-corrected chi connectivity index (χ1v) is 14.6. The molecule has 1 N–H and O–H groups in total. The van der Waals surface area contributed by atoms with Gasteiger partial charge in [-0.25, -0.2) is 8.42 Å². The second kappa shape index (κ2) is 12.6. The van der Waals surface area contributed by atoms with Crippen LogP contribution in [0.3, 0.4) is 0 Å². The third-order valence-electron chi connectivity index (χ3n) is 6.51. The fraction of sp³-hybridized carbons (Fsp3) is 0.500. The fourth-order valence-corrected chi connectivity index (χ4v) is 5.72. The summed E-state index contributed by atoms with van der Waals surface area (Å²) in [6.07, 6.45) is 2.50. The van der Waals surface area contributed by atoms with Crippen molar-refractivity contribution in [1.82, 2.24) is 9.21 Å². The average molecular weight is 547 g/mol. The Balaban J connectivity index is 1.75. The van der Waals surface area contributed by atoms with Crippen LogP contribution in [0.25, 0.3) is 0 Å². The SMILES string of the molecule is CN(CCCC(=O)O)C(=O)CCCN(C1CC(C)(C)Oc2ccc(OCc3ccccc3)cc21)S(C)(=O)=O. The van der Waals surface area contributed by atoms with Gasteiger partial charge in [0.1, 0.15) is 23.7 Å². The summed E-state index contributed by atoms with van der Waals surface area (Å²) >= 11 is 0. The van der Waals surface area contributed by atoms with Crippen molar-refractivity contribution >= 4 is 21.9 Å². The summed E-state index contributed by atoms with van der Waals surface area (Å²) in [4.78, 5) is 24.7. The number of hydrogen-bond acceptors (Lipinski definition) is 6. The zero-order valence-electron chi connectivity index (χ0n) is 22.6. The van der Waals surface area contributed by atoms with Crippen molar-refractivity contribution in [2.45, 2.75) is 64.2 Å². The summed E-state index contributed by atoms with van der Waals surface area (Å²) in [5.41, 5.74) is 1.17. The normalized spacial score (nSPS) is 16.4. The maximum absolute atomic E-state index is 13.0. The highest BCUT2D eigenvalue weighted by molar-refractivity contribution is 7.88. The summed E-state index contributed by atoms with van der Waals surface area (Å²) in [5, 5.41) is 8.79. The van der Waals surface area contributed by atoms with Gasteiger partial charge in [0.15, 0.2) is 0 Å².